The second-order valence-electron chi connectivity index (χ2n) is 8.09. The highest BCUT2D eigenvalue weighted by Crippen LogP contribution is 2.46. The van der Waals surface area contributed by atoms with Gasteiger partial charge >= 0.3 is 0 Å². The molecule has 5 rings (SSSR count). The first-order valence-corrected chi connectivity index (χ1v) is 10.1. The van der Waals surface area contributed by atoms with Gasteiger partial charge in [0.2, 0.25) is 11.6 Å². The van der Waals surface area contributed by atoms with Crippen molar-refractivity contribution in [3.8, 4) is 0 Å². The highest BCUT2D eigenvalue weighted by Gasteiger charge is 2.62. The molecule has 1 atom stereocenters. The van der Waals surface area contributed by atoms with Crippen molar-refractivity contribution in [3.05, 3.63) is 65.7 Å². The molecule has 2 aliphatic heterocycles. The molecule has 6 nitrogen and oxygen atoms in total. The Hall–Kier alpha value is -3.15. The molecule has 0 aromatic heterocycles. The van der Waals surface area contributed by atoms with Crippen molar-refractivity contribution < 1.29 is 14.4 Å². The number of carbonyl (C=O) groups excluding carboxylic acids is 3. The highest BCUT2D eigenvalue weighted by molar-refractivity contribution is 6.16. The molecule has 0 radical (unpaired) electrons. The maximum absolute atomic E-state index is 13.8. The summed E-state index contributed by atoms with van der Waals surface area (Å²) in [7, 11) is 1.79. The Morgan fingerprint density at radius 1 is 1.07 bits per heavy atom. The molecule has 1 aliphatic carbocycles. The Kier molecular flexibility index (Phi) is 3.98. The molecular formula is C23H23N3O3. The first kappa shape index (κ1) is 17.9. The first-order valence-electron chi connectivity index (χ1n) is 10.1. The molecule has 6 heteroatoms. The number of hydrogen-bond donors (Lipinski definition) is 0. The predicted octanol–water partition coefficient (Wildman–Crippen LogP) is 2.79. The number of carbonyl (C=O) groups is 3. The van der Waals surface area contributed by atoms with Crippen LogP contribution in [0.25, 0.3) is 0 Å². The number of benzene rings is 2. The van der Waals surface area contributed by atoms with Gasteiger partial charge in [0.15, 0.2) is 0 Å². The fourth-order valence-corrected chi connectivity index (χ4v) is 4.66. The van der Waals surface area contributed by atoms with Gasteiger partial charge in [-0.2, -0.15) is 0 Å². The van der Waals surface area contributed by atoms with E-state index in [9.17, 15) is 14.4 Å². The fraction of sp³-hybridized carbons (Fsp3) is 0.348. The summed E-state index contributed by atoms with van der Waals surface area (Å²) in [4.78, 5) is 45.4. The van der Waals surface area contributed by atoms with Gasteiger partial charge in [-0.1, -0.05) is 42.5 Å². The lowest BCUT2D eigenvalue weighted by molar-refractivity contribution is -0.143. The average molecular weight is 389 g/mol. The van der Waals surface area contributed by atoms with Gasteiger partial charge in [-0.05, 0) is 30.5 Å². The molecule has 0 spiro atoms. The van der Waals surface area contributed by atoms with Crippen LogP contribution in [0.5, 0.6) is 0 Å². The fourth-order valence-electron chi connectivity index (χ4n) is 4.66. The second kappa shape index (κ2) is 6.44. The topological polar surface area (TPSA) is 60.9 Å². The van der Waals surface area contributed by atoms with Gasteiger partial charge in [-0.15, -0.1) is 0 Å². The van der Waals surface area contributed by atoms with Crippen LogP contribution >= 0.6 is 0 Å². The lowest BCUT2D eigenvalue weighted by Crippen LogP contribution is -2.70. The van der Waals surface area contributed by atoms with Crippen molar-refractivity contribution in [2.24, 2.45) is 0 Å². The Balaban J connectivity index is 1.68. The summed E-state index contributed by atoms with van der Waals surface area (Å²) in [6.07, 6.45) is 2.50. The Bertz CT molecular complexity index is 1000. The first-order chi connectivity index (χ1) is 14.0. The number of nitrogens with zero attached hydrogens (tertiary/aromatic N) is 3. The van der Waals surface area contributed by atoms with Crippen LogP contribution in [0.15, 0.2) is 54.6 Å². The molecule has 0 N–H and O–H groups in total. The van der Waals surface area contributed by atoms with Crippen molar-refractivity contribution in [3.63, 3.8) is 0 Å². The predicted molar refractivity (Wildman–Crippen MR) is 108 cm³/mol. The summed E-state index contributed by atoms with van der Waals surface area (Å²) in [6, 6.07) is 16.9. The van der Waals surface area contributed by atoms with E-state index in [4.69, 9.17) is 0 Å². The van der Waals surface area contributed by atoms with Crippen molar-refractivity contribution in [2.75, 3.05) is 11.9 Å². The molecule has 148 valence electrons. The van der Waals surface area contributed by atoms with E-state index in [1.165, 1.54) is 0 Å². The molecule has 29 heavy (non-hydrogen) atoms. The summed E-state index contributed by atoms with van der Waals surface area (Å²) in [6.45, 7) is 0.280. The van der Waals surface area contributed by atoms with E-state index in [-0.39, 0.29) is 36.7 Å². The van der Waals surface area contributed by atoms with Crippen molar-refractivity contribution in [1.82, 2.24) is 9.80 Å². The number of likely N-dealkylation sites (N-methyl/N-ethyl adjacent to an activating group) is 1. The lowest BCUT2D eigenvalue weighted by Gasteiger charge is -2.50. The van der Waals surface area contributed by atoms with Gasteiger partial charge in [0, 0.05) is 32.5 Å². The third-order valence-corrected chi connectivity index (χ3v) is 6.31. The molecule has 1 unspecified atom stereocenters. The molecule has 0 bridgehead atoms. The Morgan fingerprint density at radius 2 is 1.76 bits per heavy atom. The molecule has 1 saturated heterocycles. The summed E-state index contributed by atoms with van der Waals surface area (Å²) in [5, 5.41) is 0. The molecule has 2 aromatic carbocycles. The van der Waals surface area contributed by atoms with E-state index in [2.05, 4.69) is 0 Å². The van der Waals surface area contributed by atoms with Crippen LogP contribution in [0.2, 0.25) is 0 Å². The number of hydrogen-bond acceptors (Lipinski definition) is 3. The number of rotatable bonds is 4. The quantitative estimate of drug-likeness (QED) is 0.808. The zero-order valence-corrected chi connectivity index (χ0v) is 16.4. The normalized spacial score (nSPS) is 23.1. The summed E-state index contributed by atoms with van der Waals surface area (Å²) < 4.78 is 0. The largest absolute Gasteiger partial charge is 0.339 e. The zero-order chi connectivity index (χ0) is 20.2. The van der Waals surface area contributed by atoms with Crippen molar-refractivity contribution in [2.45, 2.75) is 43.9 Å². The second-order valence-corrected chi connectivity index (χ2v) is 8.09. The van der Waals surface area contributed by atoms with E-state index < -0.39 is 5.66 Å². The van der Waals surface area contributed by atoms with Gasteiger partial charge < -0.3 is 9.80 Å². The van der Waals surface area contributed by atoms with Crippen LogP contribution in [-0.2, 0) is 16.1 Å². The van der Waals surface area contributed by atoms with Crippen LogP contribution in [0.1, 0.15) is 41.6 Å². The monoisotopic (exact) mass is 389 g/mol. The number of amides is 3. The van der Waals surface area contributed by atoms with Gasteiger partial charge in [0.25, 0.3) is 11.8 Å². The van der Waals surface area contributed by atoms with Crippen LogP contribution in [0, 0.1) is 0 Å². The molecule has 3 amide bonds. The SMILES string of the molecule is CN(C(=O)C12CCC(=O)N1c1ccccc1C(=O)N2Cc1ccccc1)C1CC1. The molecule has 2 aromatic rings. The van der Waals surface area contributed by atoms with Crippen LogP contribution in [-0.4, -0.2) is 46.3 Å². The highest BCUT2D eigenvalue weighted by atomic mass is 16.2. The molecular weight excluding hydrogens is 366 g/mol. The van der Waals surface area contributed by atoms with E-state index in [0.717, 1.165) is 18.4 Å². The summed E-state index contributed by atoms with van der Waals surface area (Å²) in [5.41, 5.74) is 0.647. The number of fused-ring (bicyclic) bond motifs is 3. The third kappa shape index (κ3) is 2.58. The standard InChI is InChI=1S/C23H23N3O3/c1-24(17-11-12-17)22(29)23-14-13-20(27)26(23)19-10-6-5-9-18(19)21(28)25(23)15-16-7-3-2-4-8-16/h2-10,17H,11-15H2,1H3. The number of para-hydroxylation sites is 1. The van der Waals surface area contributed by atoms with E-state index in [1.54, 1.807) is 39.9 Å². The van der Waals surface area contributed by atoms with E-state index >= 15 is 0 Å². The number of anilines is 1. The maximum Gasteiger partial charge on any atom is 0.270 e. The van der Waals surface area contributed by atoms with Gasteiger partial charge in [0.05, 0.1) is 11.3 Å². The Labute approximate surface area is 169 Å². The molecule has 2 heterocycles. The Morgan fingerprint density at radius 3 is 2.48 bits per heavy atom. The molecule has 3 aliphatic rings. The third-order valence-electron chi connectivity index (χ3n) is 6.31. The smallest absolute Gasteiger partial charge is 0.270 e. The molecule has 2 fully saturated rings. The zero-order valence-electron chi connectivity index (χ0n) is 16.4. The van der Waals surface area contributed by atoms with Crippen LogP contribution in [0.3, 0.4) is 0 Å². The van der Waals surface area contributed by atoms with Crippen LogP contribution in [0.4, 0.5) is 5.69 Å². The average Bonchev–Trinajstić information content (AvgIpc) is 3.54. The maximum atomic E-state index is 13.8. The van der Waals surface area contributed by atoms with Gasteiger partial charge in [0.1, 0.15) is 0 Å². The lowest BCUT2D eigenvalue weighted by atomic mass is 9.94. The molecule has 1 saturated carbocycles. The minimum absolute atomic E-state index is 0.111. The van der Waals surface area contributed by atoms with Crippen molar-refractivity contribution >= 4 is 23.4 Å². The summed E-state index contributed by atoms with van der Waals surface area (Å²) >= 11 is 0. The van der Waals surface area contributed by atoms with Crippen LogP contribution < -0.4 is 4.90 Å². The van der Waals surface area contributed by atoms with E-state index in [1.807, 2.05) is 36.4 Å². The van der Waals surface area contributed by atoms with Gasteiger partial charge in [-0.25, -0.2) is 0 Å². The van der Waals surface area contributed by atoms with Gasteiger partial charge in [-0.3, -0.25) is 19.3 Å². The minimum atomic E-state index is -1.30. The van der Waals surface area contributed by atoms with E-state index in [0.29, 0.717) is 17.7 Å². The van der Waals surface area contributed by atoms with Crippen molar-refractivity contribution in [1.29, 1.82) is 0 Å². The summed E-state index contributed by atoms with van der Waals surface area (Å²) in [5.74, 6) is -0.474. The minimum Gasteiger partial charge on any atom is -0.339 e.